The lowest BCUT2D eigenvalue weighted by atomic mass is 10.1. The molecule has 0 radical (unpaired) electrons. The van der Waals surface area contributed by atoms with E-state index in [9.17, 15) is 4.79 Å². The van der Waals surface area contributed by atoms with Crippen LogP contribution in [0.2, 0.25) is 0 Å². The summed E-state index contributed by atoms with van der Waals surface area (Å²) in [4.78, 5) is 13.9. The lowest BCUT2D eigenvalue weighted by molar-refractivity contribution is 0.0303. The van der Waals surface area contributed by atoms with E-state index in [0.717, 1.165) is 11.3 Å². The largest absolute Gasteiger partial charge is 0.388 e. The molecular formula is C12H16N2O2. The third-order valence-electron chi connectivity index (χ3n) is 2.70. The Labute approximate surface area is 95.2 Å². The number of morpholine rings is 1. The molecule has 0 atom stereocenters. The van der Waals surface area contributed by atoms with E-state index in [0.29, 0.717) is 26.3 Å². The van der Waals surface area contributed by atoms with Crippen LogP contribution in [0.4, 0.5) is 5.69 Å². The number of benzene rings is 1. The van der Waals surface area contributed by atoms with Gasteiger partial charge in [0.1, 0.15) is 0 Å². The van der Waals surface area contributed by atoms with E-state index >= 15 is 0 Å². The Morgan fingerprint density at radius 2 is 2.12 bits per heavy atom. The summed E-state index contributed by atoms with van der Waals surface area (Å²) in [6.07, 6.45) is 0. The smallest absolute Gasteiger partial charge is 0.254 e. The van der Waals surface area contributed by atoms with E-state index in [1.165, 1.54) is 0 Å². The second kappa shape index (κ2) is 4.99. The number of hydrogen-bond acceptors (Lipinski definition) is 3. The molecule has 0 bridgehead atoms. The molecule has 1 aromatic rings. The molecule has 1 N–H and O–H groups in total. The van der Waals surface area contributed by atoms with Gasteiger partial charge in [-0.15, -0.1) is 0 Å². The van der Waals surface area contributed by atoms with Crippen molar-refractivity contribution in [3.63, 3.8) is 0 Å². The predicted molar refractivity (Wildman–Crippen MR) is 62.7 cm³/mol. The number of hydrogen-bond donors (Lipinski definition) is 1. The fourth-order valence-electron chi connectivity index (χ4n) is 1.76. The first-order chi connectivity index (χ1) is 7.81. The summed E-state index contributed by atoms with van der Waals surface area (Å²) in [5.74, 6) is 0.0837. The molecule has 1 heterocycles. The third kappa shape index (κ3) is 2.33. The monoisotopic (exact) mass is 220 g/mol. The molecule has 4 heteroatoms. The lowest BCUT2D eigenvalue weighted by Crippen LogP contribution is -2.40. The van der Waals surface area contributed by atoms with Crippen molar-refractivity contribution in [1.29, 1.82) is 0 Å². The summed E-state index contributed by atoms with van der Waals surface area (Å²) in [5, 5.41) is 3.03. The van der Waals surface area contributed by atoms with E-state index in [1.807, 2.05) is 36.2 Å². The summed E-state index contributed by atoms with van der Waals surface area (Å²) in [6, 6.07) is 7.55. The summed E-state index contributed by atoms with van der Waals surface area (Å²) in [5.41, 5.74) is 1.69. The Bertz CT molecular complexity index is 373. The summed E-state index contributed by atoms with van der Waals surface area (Å²) in [6.45, 7) is 2.64. The number of carbonyl (C=O) groups excluding carboxylic acids is 1. The average molecular weight is 220 g/mol. The number of anilines is 1. The van der Waals surface area contributed by atoms with Crippen LogP contribution in [-0.2, 0) is 4.74 Å². The number of carbonyl (C=O) groups is 1. The van der Waals surface area contributed by atoms with Gasteiger partial charge in [-0.1, -0.05) is 6.07 Å². The van der Waals surface area contributed by atoms with E-state index in [1.54, 1.807) is 0 Å². The van der Waals surface area contributed by atoms with Gasteiger partial charge >= 0.3 is 0 Å². The third-order valence-corrected chi connectivity index (χ3v) is 2.70. The molecule has 1 aliphatic rings. The molecular weight excluding hydrogens is 204 g/mol. The van der Waals surface area contributed by atoms with Crippen LogP contribution in [0.1, 0.15) is 10.4 Å². The Kier molecular flexibility index (Phi) is 3.41. The quantitative estimate of drug-likeness (QED) is 0.814. The van der Waals surface area contributed by atoms with Crippen molar-refractivity contribution in [1.82, 2.24) is 4.90 Å². The van der Waals surface area contributed by atoms with Crippen molar-refractivity contribution in [2.45, 2.75) is 0 Å². The highest BCUT2D eigenvalue weighted by atomic mass is 16.5. The molecule has 0 aromatic heterocycles. The average Bonchev–Trinajstić information content (AvgIpc) is 2.39. The van der Waals surface area contributed by atoms with Gasteiger partial charge in [0.25, 0.3) is 5.91 Å². The lowest BCUT2D eigenvalue weighted by Gasteiger charge is -2.27. The maximum Gasteiger partial charge on any atom is 0.254 e. The molecule has 0 unspecified atom stereocenters. The molecule has 1 aromatic carbocycles. The van der Waals surface area contributed by atoms with Gasteiger partial charge in [-0.3, -0.25) is 4.79 Å². The molecule has 0 aliphatic carbocycles. The zero-order chi connectivity index (χ0) is 11.4. The fraction of sp³-hybridized carbons (Fsp3) is 0.417. The van der Waals surface area contributed by atoms with E-state index < -0.39 is 0 Å². The standard InChI is InChI=1S/C12H16N2O2/c1-13-11-4-2-3-10(9-11)12(15)14-5-7-16-8-6-14/h2-4,9,13H,5-8H2,1H3. The highest BCUT2D eigenvalue weighted by molar-refractivity contribution is 5.95. The van der Waals surface area contributed by atoms with Crippen LogP contribution in [-0.4, -0.2) is 44.2 Å². The van der Waals surface area contributed by atoms with Gasteiger partial charge < -0.3 is 15.0 Å². The zero-order valence-electron chi connectivity index (χ0n) is 9.40. The minimum Gasteiger partial charge on any atom is -0.388 e. The van der Waals surface area contributed by atoms with Gasteiger partial charge in [-0.2, -0.15) is 0 Å². The minimum atomic E-state index is 0.0837. The van der Waals surface area contributed by atoms with E-state index in [2.05, 4.69) is 5.32 Å². The van der Waals surface area contributed by atoms with Gasteiger partial charge in [0, 0.05) is 31.4 Å². The molecule has 86 valence electrons. The molecule has 1 fully saturated rings. The Morgan fingerprint density at radius 3 is 2.81 bits per heavy atom. The Morgan fingerprint density at radius 1 is 1.38 bits per heavy atom. The van der Waals surface area contributed by atoms with Crippen LogP contribution in [0.3, 0.4) is 0 Å². The topological polar surface area (TPSA) is 41.6 Å². The summed E-state index contributed by atoms with van der Waals surface area (Å²) >= 11 is 0. The molecule has 0 saturated carbocycles. The van der Waals surface area contributed by atoms with Crippen molar-refractivity contribution in [2.24, 2.45) is 0 Å². The second-order valence-electron chi connectivity index (χ2n) is 3.74. The number of nitrogens with one attached hydrogen (secondary N) is 1. The highest BCUT2D eigenvalue weighted by Crippen LogP contribution is 2.12. The van der Waals surface area contributed by atoms with Gasteiger partial charge in [-0.25, -0.2) is 0 Å². The maximum absolute atomic E-state index is 12.1. The number of rotatable bonds is 2. The molecule has 1 amide bonds. The number of amides is 1. The van der Waals surface area contributed by atoms with Crippen molar-refractivity contribution in [3.8, 4) is 0 Å². The molecule has 16 heavy (non-hydrogen) atoms. The first-order valence-electron chi connectivity index (χ1n) is 5.46. The Hall–Kier alpha value is -1.55. The first kappa shape index (κ1) is 11.0. The van der Waals surface area contributed by atoms with Gasteiger partial charge in [0.2, 0.25) is 0 Å². The van der Waals surface area contributed by atoms with Crippen LogP contribution in [0.15, 0.2) is 24.3 Å². The maximum atomic E-state index is 12.1. The minimum absolute atomic E-state index is 0.0837. The van der Waals surface area contributed by atoms with Gasteiger partial charge in [0.05, 0.1) is 13.2 Å². The van der Waals surface area contributed by atoms with Crippen LogP contribution < -0.4 is 5.32 Å². The molecule has 4 nitrogen and oxygen atoms in total. The van der Waals surface area contributed by atoms with Crippen LogP contribution in [0.5, 0.6) is 0 Å². The van der Waals surface area contributed by atoms with Crippen LogP contribution in [0, 0.1) is 0 Å². The summed E-state index contributed by atoms with van der Waals surface area (Å²) < 4.78 is 5.22. The number of ether oxygens (including phenoxy) is 1. The van der Waals surface area contributed by atoms with Crippen molar-refractivity contribution >= 4 is 11.6 Å². The van der Waals surface area contributed by atoms with Crippen molar-refractivity contribution in [3.05, 3.63) is 29.8 Å². The second-order valence-corrected chi connectivity index (χ2v) is 3.74. The van der Waals surface area contributed by atoms with E-state index in [-0.39, 0.29) is 5.91 Å². The summed E-state index contributed by atoms with van der Waals surface area (Å²) in [7, 11) is 1.85. The molecule has 2 rings (SSSR count). The molecule has 1 saturated heterocycles. The number of nitrogens with zero attached hydrogens (tertiary/aromatic N) is 1. The first-order valence-corrected chi connectivity index (χ1v) is 5.46. The van der Waals surface area contributed by atoms with Gasteiger partial charge in [-0.05, 0) is 18.2 Å². The van der Waals surface area contributed by atoms with Crippen LogP contribution in [0.25, 0.3) is 0 Å². The SMILES string of the molecule is CNc1cccc(C(=O)N2CCOCC2)c1. The normalized spacial score (nSPS) is 15.9. The van der Waals surface area contributed by atoms with E-state index in [4.69, 9.17) is 4.74 Å². The highest BCUT2D eigenvalue weighted by Gasteiger charge is 2.18. The Balaban J connectivity index is 2.12. The van der Waals surface area contributed by atoms with Crippen LogP contribution >= 0.6 is 0 Å². The zero-order valence-corrected chi connectivity index (χ0v) is 9.40. The fourth-order valence-corrected chi connectivity index (χ4v) is 1.76. The van der Waals surface area contributed by atoms with Crippen molar-refractivity contribution < 1.29 is 9.53 Å². The predicted octanol–water partition coefficient (Wildman–Crippen LogP) is 1.20. The van der Waals surface area contributed by atoms with Crippen molar-refractivity contribution in [2.75, 3.05) is 38.7 Å². The molecule has 0 spiro atoms. The van der Waals surface area contributed by atoms with Gasteiger partial charge in [0.15, 0.2) is 0 Å². The molecule has 1 aliphatic heterocycles.